The molecule has 4 heteroatoms. The molecule has 0 saturated carbocycles. The fraction of sp³-hybridized carbons (Fsp3) is 0.357. The Morgan fingerprint density at radius 1 is 1.28 bits per heavy atom. The van der Waals surface area contributed by atoms with Gasteiger partial charge in [0.1, 0.15) is 5.01 Å². The first-order valence-corrected chi connectivity index (χ1v) is 7.17. The zero-order valence-corrected chi connectivity index (χ0v) is 12.4. The van der Waals surface area contributed by atoms with Crippen LogP contribution in [0.15, 0.2) is 24.3 Å². The van der Waals surface area contributed by atoms with Gasteiger partial charge in [0.05, 0.1) is 5.69 Å². The van der Waals surface area contributed by atoms with Crippen LogP contribution >= 0.6 is 22.9 Å². The summed E-state index contributed by atoms with van der Waals surface area (Å²) in [5.41, 5.74) is 2.38. The number of nitrogens with zero attached hydrogens (tertiary/aromatic N) is 1. The number of aromatic nitrogens is 1. The van der Waals surface area contributed by atoms with Crippen molar-refractivity contribution in [2.24, 2.45) is 0 Å². The number of hydrogen-bond acceptors (Lipinski definition) is 3. The Hall–Kier alpha value is -0.900. The molecule has 0 unspecified atom stereocenters. The second kappa shape index (κ2) is 5.83. The van der Waals surface area contributed by atoms with E-state index in [9.17, 15) is 0 Å². The zero-order valence-electron chi connectivity index (χ0n) is 10.8. The van der Waals surface area contributed by atoms with E-state index in [0.717, 1.165) is 22.3 Å². The highest BCUT2D eigenvalue weighted by Gasteiger charge is 2.07. The predicted molar refractivity (Wildman–Crippen MR) is 78.3 cm³/mol. The lowest BCUT2D eigenvalue weighted by Gasteiger charge is -2.13. The third-order valence-electron chi connectivity index (χ3n) is 3.00. The summed E-state index contributed by atoms with van der Waals surface area (Å²) in [4.78, 5) is 5.82. The summed E-state index contributed by atoms with van der Waals surface area (Å²) >= 11 is 7.64. The second-order valence-electron chi connectivity index (χ2n) is 4.40. The topological polar surface area (TPSA) is 24.9 Å². The van der Waals surface area contributed by atoms with Crippen LogP contribution in [0.2, 0.25) is 5.02 Å². The first-order valence-electron chi connectivity index (χ1n) is 5.98. The SMILES string of the molecule is Cc1nc(CN[C@H](C)c2ccc(Cl)cc2)sc1C. The molecule has 1 aromatic carbocycles. The van der Waals surface area contributed by atoms with Gasteiger partial charge in [-0.15, -0.1) is 11.3 Å². The Morgan fingerprint density at radius 2 is 1.94 bits per heavy atom. The van der Waals surface area contributed by atoms with E-state index in [1.165, 1.54) is 10.4 Å². The summed E-state index contributed by atoms with van der Waals surface area (Å²) < 4.78 is 0. The normalized spacial score (nSPS) is 12.7. The van der Waals surface area contributed by atoms with Crippen molar-refractivity contribution in [3.8, 4) is 0 Å². The molecule has 0 fully saturated rings. The minimum Gasteiger partial charge on any atom is -0.304 e. The summed E-state index contributed by atoms with van der Waals surface area (Å²) in [6, 6.07) is 8.25. The smallest absolute Gasteiger partial charge is 0.107 e. The van der Waals surface area contributed by atoms with E-state index in [4.69, 9.17) is 11.6 Å². The highest BCUT2D eigenvalue weighted by molar-refractivity contribution is 7.11. The van der Waals surface area contributed by atoms with Gasteiger partial charge in [-0.1, -0.05) is 23.7 Å². The number of rotatable bonds is 4. The van der Waals surface area contributed by atoms with E-state index < -0.39 is 0 Å². The lowest BCUT2D eigenvalue weighted by Crippen LogP contribution is -2.17. The van der Waals surface area contributed by atoms with E-state index in [-0.39, 0.29) is 0 Å². The Kier molecular flexibility index (Phi) is 4.38. The fourth-order valence-corrected chi connectivity index (χ4v) is 2.74. The molecule has 0 aliphatic carbocycles. The average molecular weight is 281 g/mol. The summed E-state index contributed by atoms with van der Waals surface area (Å²) in [6.07, 6.45) is 0. The van der Waals surface area contributed by atoms with Crippen LogP contribution < -0.4 is 5.32 Å². The highest BCUT2D eigenvalue weighted by Crippen LogP contribution is 2.19. The molecule has 0 aliphatic rings. The molecular formula is C14H17ClN2S. The molecule has 0 bridgehead atoms. The van der Waals surface area contributed by atoms with E-state index in [1.807, 2.05) is 12.1 Å². The minimum absolute atomic E-state index is 0.298. The van der Waals surface area contributed by atoms with E-state index in [0.29, 0.717) is 6.04 Å². The molecule has 0 saturated heterocycles. The largest absolute Gasteiger partial charge is 0.304 e. The van der Waals surface area contributed by atoms with Crippen LogP contribution in [0, 0.1) is 13.8 Å². The second-order valence-corrected chi connectivity index (χ2v) is 6.13. The molecule has 96 valence electrons. The number of benzene rings is 1. The van der Waals surface area contributed by atoms with Crippen LogP contribution in [0.25, 0.3) is 0 Å². The number of halogens is 1. The van der Waals surface area contributed by atoms with Crippen molar-refractivity contribution < 1.29 is 0 Å². The van der Waals surface area contributed by atoms with Gasteiger partial charge in [-0.3, -0.25) is 0 Å². The van der Waals surface area contributed by atoms with Gasteiger partial charge in [0.15, 0.2) is 0 Å². The van der Waals surface area contributed by atoms with Gasteiger partial charge in [-0.05, 0) is 38.5 Å². The van der Waals surface area contributed by atoms with Gasteiger partial charge in [0, 0.05) is 22.5 Å². The van der Waals surface area contributed by atoms with E-state index in [1.54, 1.807) is 11.3 Å². The standard InChI is InChI=1S/C14H17ClN2S/c1-9-11(3)18-14(17-9)8-16-10(2)12-4-6-13(15)7-5-12/h4-7,10,16H,8H2,1-3H3/t10-/m1/s1. The van der Waals surface area contributed by atoms with Crippen molar-refractivity contribution in [2.45, 2.75) is 33.4 Å². The Labute approximate surface area is 117 Å². The highest BCUT2D eigenvalue weighted by atomic mass is 35.5. The van der Waals surface area contributed by atoms with Crippen molar-refractivity contribution >= 4 is 22.9 Å². The van der Waals surface area contributed by atoms with Crippen LogP contribution in [0.1, 0.15) is 34.1 Å². The van der Waals surface area contributed by atoms with Gasteiger partial charge < -0.3 is 5.32 Å². The molecule has 1 aromatic heterocycles. The summed E-state index contributed by atoms with van der Waals surface area (Å²) in [5.74, 6) is 0. The molecule has 0 amide bonds. The van der Waals surface area contributed by atoms with E-state index >= 15 is 0 Å². The fourth-order valence-electron chi connectivity index (χ4n) is 1.72. The van der Waals surface area contributed by atoms with Gasteiger partial charge in [-0.25, -0.2) is 4.98 Å². The maximum Gasteiger partial charge on any atom is 0.107 e. The maximum atomic E-state index is 5.88. The minimum atomic E-state index is 0.298. The van der Waals surface area contributed by atoms with Gasteiger partial charge in [-0.2, -0.15) is 0 Å². The van der Waals surface area contributed by atoms with Crippen molar-refractivity contribution in [3.63, 3.8) is 0 Å². The Bertz CT molecular complexity index is 500. The van der Waals surface area contributed by atoms with Crippen molar-refractivity contribution in [2.75, 3.05) is 0 Å². The van der Waals surface area contributed by atoms with Crippen molar-refractivity contribution in [1.82, 2.24) is 10.3 Å². The lowest BCUT2D eigenvalue weighted by molar-refractivity contribution is 0.573. The van der Waals surface area contributed by atoms with Crippen LogP contribution in [-0.4, -0.2) is 4.98 Å². The molecule has 1 N–H and O–H groups in total. The Balaban J connectivity index is 1.95. The number of hydrogen-bond donors (Lipinski definition) is 1. The number of nitrogens with one attached hydrogen (secondary N) is 1. The van der Waals surface area contributed by atoms with E-state index in [2.05, 4.69) is 43.2 Å². The predicted octanol–water partition coefficient (Wildman–Crippen LogP) is 4.26. The van der Waals surface area contributed by atoms with Gasteiger partial charge in [0.2, 0.25) is 0 Å². The third-order valence-corrected chi connectivity index (χ3v) is 4.33. The molecule has 1 atom stereocenters. The quantitative estimate of drug-likeness (QED) is 0.905. The summed E-state index contributed by atoms with van der Waals surface area (Å²) in [6.45, 7) is 7.12. The summed E-state index contributed by atoms with van der Waals surface area (Å²) in [5, 5.41) is 5.40. The van der Waals surface area contributed by atoms with Crippen LogP contribution in [0.4, 0.5) is 0 Å². The maximum absolute atomic E-state index is 5.88. The zero-order chi connectivity index (χ0) is 13.1. The molecule has 18 heavy (non-hydrogen) atoms. The van der Waals surface area contributed by atoms with Gasteiger partial charge >= 0.3 is 0 Å². The molecule has 2 nitrogen and oxygen atoms in total. The molecule has 0 radical (unpaired) electrons. The van der Waals surface area contributed by atoms with Gasteiger partial charge in [0.25, 0.3) is 0 Å². The van der Waals surface area contributed by atoms with Crippen LogP contribution in [-0.2, 0) is 6.54 Å². The van der Waals surface area contributed by atoms with Crippen LogP contribution in [0.5, 0.6) is 0 Å². The molecule has 2 aromatic rings. The molecular weight excluding hydrogens is 264 g/mol. The average Bonchev–Trinajstić information content (AvgIpc) is 2.67. The molecule has 0 spiro atoms. The van der Waals surface area contributed by atoms with Crippen molar-refractivity contribution in [1.29, 1.82) is 0 Å². The molecule has 1 heterocycles. The lowest BCUT2D eigenvalue weighted by atomic mass is 10.1. The number of thiazole rings is 1. The molecule has 0 aliphatic heterocycles. The van der Waals surface area contributed by atoms with Crippen LogP contribution in [0.3, 0.4) is 0 Å². The Morgan fingerprint density at radius 3 is 2.50 bits per heavy atom. The first-order chi connectivity index (χ1) is 8.56. The summed E-state index contributed by atoms with van der Waals surface area (Å²) in [7, 11) is 0. The number of aryl methyl sites for hydroxylation is 2. The third kappa shape index (κ3) is 3.31. The van der Waals surface area contributed by atoms with Crippen molar-refractivity contribution in [3.05, 3.63) is 50.4 Å². The molecule has 2 rings (SSSR count). The monoisotopic (exact) mass is 280 g/mol. The first kappa shape index (κ1) is 13.5.